The molecule has 220 valence electrons. The molecule has 0 saturated carbocycles. The number of methoxy groups -OCH3 is 1. The number of carbonyl (C=O) groups excluding carboxylic acids is 1. The summed E-state index contributed by atoms with van der Waals surface area (Å²) in [6.07, 6.45) is 1.18. The highest BCUT2D eigenvalue weighted by Crippen LogP contribution is 2.35. The molecule has 0 radical (unpaired) electrons. The van der Waals surface area contributed by atoms with Crippen LogP contribution in [0.4, 0.5) is 37.9 Å². The van der Waals surface area contributed by atoms with Crippen molar-refractivity contribution < 1.29 is 18.7 Å². The van der Waals surface area contributed by atoms with E-state index in [1.54, 1.807) is 18.1 Å². The number of aromatic nitrogens is 3. The molecule has 4 aromatic rings. The summed E-state index contributed by atoms with van der Waals surface area (Å²) in [5.74, 6) is 0.621. The first-order chi connectivity index (χ1) is 20.0. The van der Waals surface area contributed by atoms with E-state index in [0.717, 1.165) is 5.69 Å². The zero-order valence-electron chi connectivity index (χ0n) is 23.6. The molecule has 5 rings (SSSR count). The predicted molar refractivity (Wildman–Crippen MR) is 161 cm³/mol. The summed E-state index contributed by atoms with van der Waals surface area (Å²) in [6.45, 7) is 7.85. The first kappa shape index (κ1) is 28.9. The summed E-state index contributed by atoms with van der Waals surface area (Å²) >= 11 is 6.24. The number of amides is 1. The van der Waals surface area contributed by atoms with Crippen LogP contribution in [0, 0.1) is 5.82 Å². The van der Waals surface area contributed by atoms with Crippen LogP contribution in [0.25, 0.3) is 10.8 Å². The van der Waals surface area contributed by atoms with Crippen LogP contribution < -0.4 is 25.8 Å². The Kier molecular flexibility index (Phi) is 8.08. The molecule has 2 aromatic heterocycles. The molecule has 3 N–H and O–H groups in total. The van der Waals surface area contributed by atoms with E-state index in [1.165, 1.54) is 24.4 Å². The number of hydrogen-bond donors (Lipinski definition) is 3. The SMILES string of the molecule is COc1cc(N2CCN(C(=O)OC(C)(C)C)CC2)ccc1Nc1nc(Nc2cc(F)ccc2Cl)cc2cn[nH]c(=O)c12. The molecule has 1 amide bonds. The van der Waals surface area contributed by atoms with E-state index in [2.05, 4.69) is 30.7 Å². The van der Waals surface area contributed by atoms with Crippen LogP contribution in [-0.2, 0) is 4.74 Å². The Morgan fingerprint density at radius 1 is 1.05 bits per heavy atom. The van der Waals surface area contributed by atoms with Gasteiger partial charge in [0, 0.05) is 43.3 Å². The molecule has 0 unspecified atom stereocenters. The van der Waals surface area contributed by atoms with E-state index >= 15 is 0 Å². The Hall–Kier alpha value is -4.58. The van der Waals surface area contributed by atoms with E-state index in [0.29, 0.717) is 59.5 Å². The first-order valence-corrected chi connectivity index (χ1v) is 13.7. The number of pyridine rings is 1. The van der Waals surface area contributed by atoms with Gasteiger partial charge >= 0.3 is 6.09 Å². The van der Waals surface area contributed by atoms with Gasteiger partial charge in [0.15, 0.2) is 0 Å². The third kappa shape index (κ3) is 6.49. The summed E-state index contributed by atoms with van der Waals surface area (Å²) in [5.41, 5.74) is 0.822. The molecule has 0 bridgehead atoms. The number of H-pyrrole nitrogens is 1. The first-order valence-electron chi connectivity index (χ1n) is 13.3. The van der Waals surface area contributed by atoms with Gasteiger partial charge in [-0.25, -0.2) is 19.3 Å². The van der Waals surface area contributed by atoms with Crippen molar-refractivity contribution in [1.29, 1.82) is 0 Å². The lowest BCUT2D eigenvalue weighted by Gasteiger charge is -2.37. The van der Waals surface area contributed by atoms with Crippen molar-refractivity contribution in [1.82, 2.24) is 20.1 Å². The van der Waals surface area contributed by atoms with Gasteiger partial charge in [0.2, 0.25) is 0 Å². The fourth-order valence-electron chi connectivity index (χ4n) is 4.59. The molecule has 11 nitrogen and oxygen atoms in total. The Morgan fingerprint density at radius 2 is 1.81 bits per heavy atom. The maximum absolute atomic E-state index is 13.9. The number of piperazine rings is 1. The molecule has 3 heterocycles. The average molecular weight is 596 g/mol. The van der Waals surface area contributed by atoms with Crippen molar-refractivity contribution in [2.75, 3.05) is 48.8 Å². The maximum atomic E-state index is 13.9. The van der Waals surface area contributed by atoms with Gasteiger partial charge in [0.25, 0.3) is 5.56 Å². The number of fused-ring (bicyclic) bond motifs is 1. The minimum absolute atomic E-state index is 0.239. The molecule has 1 fully saturated rings. The molecule has 1 aliphatic rings. The fraction of sp³-hybridized carbons (Fsp3) is 0.310. The third-order valence-electron chi connectivity index (χ3n) is 6.57. The number of ether oxygens (including phenoxy) is 2. The lowest BCUT2D eigenvalue weighted by molar-refractivity contribution is 0.0240. The number of halogens is 2. The predicted octanol–water partition coefficient (Wildman–Crippen LogP) is 5.66. The molecule has 0 spiro atoms. The van der Waals surface area contributed by atoms with Crippen molar-refractivity contribution in [3.63, 3.8) is 0 Å². The molecule has 0 aliphatic carbocycles. The summed E-state index contributed by atoms with van der Waals surface area (Å²) < 4.78 is 25.0. The van der Waals surface area contributed by atoms with Crippen LogP contribution in [0.2, 0.25) is 5.02 Å². The number of aromatic amines is 1. The van der Waals surface area contributed by atoms with Gasteiger partial charge in [0.1, 0.15) is 28.8 Å². The highest BCUT2D eigenvalue weighted by atomic mass is 35.5. The quantitative estimate of drug-likeness (QED) is 0.259. The summed E-state index contributed by atoms with van der Waals surface area (Å²) in [5, 5.41) is 13.7. The van der Waals surface area contributed by atoms with E-state index < -0.39 is 17.0 Å². The second kappa shape index (κ2) is 11.7. The smallest absolute Gasteiger partial charge is 0.410 e. The second-order valence-electron chi connectivity index (χ2n) is 10.7. The number of nitrogens with one attached hydrogen (secondary N) is 3. The van der Waals surface area contributed by atoms with E-state index in [9.17, 15) is 14.0 Å². The third-order valence-corrected chi connectivity index (χ3v) is 6.90. The highest BCUT2D eigenvalue weighted by molar-refractivity contribution is 6.33. The van der Waals surface area contributed by atoms with Gasteiger partial charge in [-0.2, -0.15) is 5.10 Å². The number of carbonyl (C=O) groups is 1. The fourth-order valence-corrected chi connectivity index (χ4v) is 4.75. The van der Waals surface area contributed by atoms with Crippen molar-refractivity contribution >= 4 is 57.2 Å². The monoisotopic (exact) mass is 595 g/mol. The minimum Gasteiger partial charge on any atom is -0.494 e. The Labute approximate surface area is 246 Å². The lowest BCUT2D eigenvalue weighted by Crippen LogP contribution is -2.50. The van der Waals surface area contributed by atoms with Gasteiger partial charge < -0.3 is 29.9 Å². The van der Waals surface area contributed by atoms with E-state index in [4.69, 9.17) is 21.1 Å². The van der Waals surface area contributed by atoms with E-state index in [-0.39, 0.29) is 17.3 Å². The summed E-state index contributed by atoms with van der Waals surface area (Å²) in [4.78, 5) is 33.7. The van der Waals surface area contributed by atoms with E-state index in [1.807, 2.05) is 39.0 Å². The highest BCUT2D eigenvalue weighted by Gasteiger charge is 2.26. The largest absolute Gasteiger partial charge is 0.494 e. The van der Waals surface area contributed by atoms with Crippen molar-refractivity contribution in [3.05, 3.63) is 69.9 Å². The average Bonchev–Trinajstić information content (AvgIpc) is 2.94. The number of nitrogens with zero attached hydrogens (tertiary/aromatic N) is 4. The normalized spacial score (nSPS) is 13.7. The van der Waals surface area contributed by atoms with Gasteiger partial charge in [-0.15, -0.1) is 0 Å². The van der Waals surface area contributed by atoms with Crippen LogP contribution in [0.3, 0.4) is 0 Å². The number of anilines is 5. The van der Waals surface area contributed by atoms with Gasteiger partial charge in [-0.05, 0) is 57.2 Å². The van der Waals surface area contributed by atoms with Crippen molar-refractivity contribution in [3.8, 4) is 5.75 Å². The van der Waals surface area contributed by atoms with Crippen molar-refractivity contribution in [2.24, 2.45) is 0 Å². The van der Waals surface area contributed by atoms with Crippen molar-refractivity contribution in [2.45, 2.75) is 26.4 Å². The van der Waals surface area contributed by atoms with Gasteiger partial charge in [-0.3, -0.25) is 4.79 Å². The van der Waals surface area contributed by atoms with Crippen LogP contribution >= 0.6 is 11.6 Å². The maximum Gasteiger partial charge on any atom is 0.410 e. The van der Waals surface area contributed by atoms with Crippen LogP contribution in [0.1, 0.15) is 20.8 Å². The number of rotatable bonds is 6. The molecular weight excluding hydrogens is 565 g/mol. The molecule has 42 heavy (non-hydrogen) atoms. The Morgan fingerprint density at radius 3 is 2.52 bits per heavy atom. The Bertz CT molecular complexity index is 1680. The van der Waals surface area contributed by atoms with Gasteiger partial charge in [-0.1, -0.05) is 11.6 Å². The molecule has 13 heteroatoms. The minimum atomic E-state index is -0.548. The standard InChI is InChI=1S/C29H31ClFN7O4/c1-29(2,3)42-28(40)38-11-9-37(10-12-38)19-6-8-21(23(15-19)41-4)34-26-25-17(16-32-36-27(25)39)13-24(35-26)33-22-14-18(31)5-7-20(22)30/h5-8,13-16H,9-12H2,1-4H3,(H,36,39)(H2,33,34,35). The molecule has 1 aliphatic heterocycles. The number of hydrogen-bond acceptors (Lipinski definition) is 9. The number of benzene rings is 2. The lowest BCUT2D eigenvalue weighted by atomic mass is 10.2. The zero-order valence-corrected chi connectivity index (χ0v) is 24.4. The second-order valence-corrected chi connectivity index (χ2v) is 11.1. The summed E-state index contributed by atoms with van der Waals surface area (Å²) in [7, 11) is 1.55. The molecule has 1 saturated heterocycles. The molecule has 2 aromatic carbocycles. The van der Waals surface area contributed by atoms with Crippen LogP contribution in [0.5, 0.6) is 5.75 Å². The van der Waals surface area contributed by atoms with Crippen LogP contribution in [0.15, 0.2) is 53.5 Å². The van der Waals surface area contributed by atoms with Crippen LogP contribution in [-0.4, -0.2) is 65.1 Å². The molecule has 0 atom stereocenters. The molecular formula is C29H31ClFN7O4. The van der Waals surface area contributed by atoms with Gasteiger partial charge in [0.05, 0.1) is 35.1 Å². The summed E-state index contributed by atoms with van der Waals surface area (Å²) in [6, 6.07) is 11.2. The topological polar surface area (TPSA) is 125 Å². The Balaban J connectivity index is 1.40. The zero-order chi connectivity index (χ0) is 30.0.